The van der Waals surface area contributed by atoms with Crippen molar-refractivity contribution in [3.8, 4) is 0 Å². The van der Waals surface area contributed by atoms with Crippen molar-refractivity contribution in [2.75, 3.05) is 46.9 Å². The van der Waals surface area contributed by atoms with Gasteiger partial charge in [-0.05, 0) is 19.1 Å². The number of hydrogen-bond acceptors (Lipinski definition) is 5. The normalized spacial score (nSPS) is 16.0. The van der Waals surface area contributed by atoms with Crippen molar-refractivity contribution in [1.82, 2.24) is 15.5 Å². The van der Waals surface area contributed by atoms with Crippen LogP contribution in [0.25, 0.3) is 0 Å². The van der Waals surface area contributed by atoms with Gasteiger partial charge < -0.3 is 29.4 Å². The lowest BCUT2D eigenvalue weighted by Crippen LogP contribution is -2.42. The standard InChI is InChI=1S/C17H28N4O4.HI/c1-17(24-11-12-25-17)7-9-19-16(20-13-15(22)21(2)3)18-8-6-14-5-4-10-23-14;/h4-5,10H,6-9,11-13H2,1-3H3,(H2,18,19,20);1H. The van der Waals surface area contributed by atoms with Gasteiger partial charge in [-0.25, -0.2) is 4.99 Å². The summed E-state index contributed by atoms with van der Waals surface area (Å²) < 4.78 is 16.5. The molecule has 26 heavy (non-hydrogen) atoms. The molecule has 1 aliphatic rings. The third-order valence-electron chi connectivity index (χ3n) is 3.88. The number of likely N-dealkylation sites (N-methyl/N-ethyl adjacent to an activating group) is 1. The minimum Gasteiger partial charge on any atom is -0.469 e. The molecule has 9 heteroatoms. The van der Waals surface area contributed by atoms with Crippen LogP contribution in [0.1, 0.15) is 19.1 Å². The summed E-state index contributed by atoms with van der Waals surface area (Å²) in [7, 11) is 3.43. The van der Waals surface area contributed by atoms with E-state index in [4.69, 9.17) is 13.9 Å². The molecular weight excluding hydrogens is 451 g/mol. The highest BCUT2D eigenvalue weighted by molar-refractivity contribution is 14.0. The van der Waals surface area contributed by atoms with Crippen molar-refractivity contribution in [2.24, 2.45) is 4.99 Å². The molecule has 1 fully saturated rings. The van der Waals surface area contributed by atoms with Gasteiger partial charge in [-0.15, -0.1) is 24.0 Å². The number of furan rings is 1. The highest BCUT2D eigenvalue weighted by Gasteiger charge is 2.30. The molecule has 8 nitrogen and oxygen atoms in total. The molecule has 2 rings (SSSR count). The first-order chi connectivity index (χ1) is 12.0. The summed E-state index contributed by atoms with van der Waals surface area (Å²) in [6, 6.07) is 3.79. The maximum absolute atomic E-state index is 11.8. The van der Waals surface area contributed by atoms with Crippen molar-refractivity contribution >= 4 is 35.8 Å². The van der Waals surface area contributed by atoms with E-state index in [1.807, 2.05) is 19.1 Å². The number of halogens is 1. The first kappa shape index (κ1) is 22.7. The molecule has 0 saturated carbocycles. The molecule has 2 N–H and O–H groups in total. The van der Waals surface area contributed by atoms with E-state index in [9.17, 15) is 4.79 Å². The van der Waals surface area contributed by atoms with Crippen molar-refractivity contribution in [3.63, 3.8) is 0 Å². The maximum atomic E-state index is 11.8. The molecule has 0 aliphatic carbocycles. The van der Waals surface area contributed by atoms with Crippen molar-refractivity contribution in [1.29, 1.82) is 0 Å². The Balaban J connectivity index is 0.00000338. The minimum absolute atomic E-state index is 0. The number of carbonyl (C=O) groups is 1. The smallest absolute Gasteiger partial charge is 0.243 e. The van der Waals surface area contributed by atoms with E-state index >= 15 is 0 Å². The van der Waals surface area contributed by atoms with Gasteiger partial charge in [0.15, 0.2) is 11.7 Å². The Labute approximate surface area is 171 Å². The van der Waals surface area contributed by atoms with E-state index in [1.165, 1.54) is 4.90 Å². The van der Waals surface area contributed by atoms with Crippen molar-refractivity contribution in [2.45, 2.75) is 25.6 Å². The van der Waals surface area contributed by atoms with Crippen molar-refractivity contribution < 1.29 is 18.7 Å². The molecule has 1 amide bonds. The quantitative estimate of drug-likeness (QED) is 0.331. The fraction of sp³-hybridized carbons (Fsp3) is 0.647. The first-order valence-corrected chi connectivity index (χ1v) is 8.51. The van der Waals surface area contributed by atoms with E-state index < -0.39 is 5.79 Å². The molecule has 1 aromatic heterocycles. The molecule has 0 spiro atoms. The zero-order chi connectivity index (χ0) is 18.1. The maximum Gasteiger partial charge on any atom is 0.243 e. The molecule has 0 atom stereocenters. The summed E-state index contributed by atoms with van der Waals surface area (Å²) in [6.07, 6.45) is 3.08. The number of hydrogen-bond donors (Lipinski definition) is 2. The second-order valence-electron chi connectivity index (χ2n) is 6.22. The van der Waals surface area contributed by atoms with Gasteiger partial charge in [-0.2, -0.15) is 0 Å². The number of nitrogens with one attached hydrogen (secondary N) is 2. The molecule has 0 bridgehead atoms. The lowest BCUT2D eigenvalue weighted by atomic mass is 10.2. The minimum atomic E-state index is -0.550. The number of carbonyl (C=O) groups excluding carboxylic acids is 1. The van der Waals surface area contributed by atoms with Crippen molar-refractivity contribution in [3.05, 3.63) is 24.2 Å². The van der Waals surface area contributed by atoms with E-state index in [2.05, 4.69) is 15.6 Å². The summed E-state index contributed by atoms with van der Waals surface area (Å²) in [6.45, 7) is 4.54. The third kappa shape index (κ3) is 7.92. The lowest BCUT2D eigenvalue weighted by Gasteiger charge is -2.23. The fourth-order valence-electron chi connectivity index (χ4n) is 2.33. The summed E-state index contributed by atoms with van der Waals surface area (Å²) in [4.78, 5) is 17.6. The molecule has 1 aromatic rings. The average molecular weight is 480 g/mol. The second-order valence-corrected chi connectivity index (χ2v) is 6.22. The summed E-state index contributed by atoms with van der Waals surface area (Å²) >= 11 is 0. The molecule has 0 radical (unpaired) electrons. The summed E-state index contributed by atoms with van der Waals surface area (Å²) in [5.74, 6) is 0.882. The number of rotatable bonds is 8. The third-order valence-corrected chi connectivity index (χ3v) is 3.88. The Bertz CT molecular complexity index is 557. The zero-order valence-corrected chi connectivity index (χ0v) is 17.9. The number of aliphatic imine (C=N–C) groups is 1. The predicted octanol–water partition coefficient (Wildman–Crippen LogP) is 1.22. The van der Waals surface area contributed by atoms with Gasteiger partial charge in [0.1, 0.15) is 12.3 Å². The van der Waals surface area contributed by atoms with Crippen LogP contribution in [0, 0.1) is 0 Å². The fourth-order valence-corrected chi connectivity index (χ4v) is 2.33. The van der Waals surface area contributed by atoms with E-state index in [1.54, 1.807) is 20.4 Å². The Morgan fingerprint density at radius 3 is 2.58 bits per heavy atom. The number of nitrogens with zero attached hydrogens (tertiary/aromatic N) is 2. The van der Waals surface area contributed by atoms with Crippen LogP contribution in [0.5, 0.6) is 0 Å². The largest absolute Gasteiger partial charge is 0.469 e. The Morgan fingerprint density at radius 1 is 1.27 bits per heavy atom. The van der Waals surface area contributed by atoms with Gasteiger partial charge in [-0.1, -0.05) is 0 Å². The topological polar surface area (TPSA) is 88.3 Å². The van der Waals surface area contributed by atoms with E-state index in [0.29, 0.717) is 38.7 Å². The predicted molar refractivity (Wildman–Crippen MR) is 110 cm³/mol. The molecule has 148 valence electrons. The van der Waals surface area contributed by atoms with Crippen LogP contribution in [0.4, 0.5) is 0 Å². The van der Waals surface area contributed by atoms with Gasteiger partial charge in [0.25, 0.3) is 0 Å². The monoisotopic (exact) mass is 480 g/mol. The van der Waals surface area contributed by atoms with Gasteiger partial charge in [0, 0.05) is 40.0 Å². The Morgan fingerprint density at radius 2 is 1.96 bits per heavy atom. The average Bonchev–Trinajstić information content (AvgIpc) is 3.23. The second kappa shape index (κ2) is 11.4. The van der Waals surface area contributed by atoms with Crippen LogP contribution >= 0.6 is 24.0 Å². The van der Waals surface area contributed by atoms with Crippen LogP contribution in [0.15, 0.2) is 27.8 Å². The summed E-state index contributed by atoms with van der Waals surface area (Å²) in [5, 5.41) is 6.44. The SMILES string of the molecule is CN(C)C(=O)CN=C(NCCc1ccco1)NCCC1(C)OCCO1.I. The molecule has 0 unspecified atom stereocenters. The van der Waals surface area contributed by atoms with Crippen LogP contribution < -0.4 is 10.6 Å². The van der Waals surface area contributed by atoms with Crippen LogP contribution in [0.3, 0.4) is 0 Å². The Hall–Kier alpha value is -1.33. The molecular formula is C17H29IN4O4. The van der Waals surface area contributed by atoms with Gasteiger partial charge in [0.2, 0.25) is 5.91 Å². The van der Waals surface area contributed by atoms with Crippen LogP contribution in [0.2, 0.25) is 0 Å². The number of ether oxygens (including phenoxy) is 2. The number of amides is 1. The van der Waals surface area contributed by atoms with E-state index in [0.717, 1.165) is 12.2 Å². The molecule has 1 saturated heterocycles. The van der Waals surface area contributed by atoms with E-state index in [-0.39, 0.29) is 36.4 Å². The summed E-state index contributed by atoms with van der Waals surface area (Å²) in [5.41, 5.74) is 0. The van der Waals surface area contributed by atoms with Gasteiger partial charge in [-0.3, -0.25) is 4.79 Å². The zero-order valence-electron chi connectivity index (χ0n) is 15.6. The molecule has 2 heterocycles. The molecule has 1 aliphatic heterocycles. The van der Waals surface area contributed by atoms with Crippen LogP contribution in [-0.2, 0) is 20.7 Å². The highest BCUT2D eigenvalue weighted by atomic mass is 127. The number of guanidine groups is 1. The van der Waals surface area contributed by atoms with Gasteiger partial charge in [0.05, 0.1) is 19.5 Å². The Kier molecular flexibility index (Phi) is 9.96. The van der Waals surface area contributed by atoms with Gasteiger partial charge >= 0.3 is 0 Å². The van der Waals surface area contributed by atoms with Crippen LogP contribution in [-0.4, -0.2) is 69.5 Å². The highest BCUT2D eigenvalue weighted by Crippen LogP contribution is 2.21. The molecule has 0 aromatic carbocycles. The first-order valence-electron chi connectivity index (χ1n) is 8.51. The lowest BCUT2D eigenvalue weighted by molar-refractivity contribution is -0.145.